The van der Waals surface area contributed by atoms with Crippen LogP contribution in [0.1, 0.15) is 72.1 Å². The predicted molar refractivity (Wildman–Crippen MR) is 168 cm³/mol. The van der Waals surface area contributed by atoms with Gasteiger partial charge in [-0.1, -0.05) is 26.2 Å². The number of aliphatic hydroxyl groups is 1. The highest BCUT2D eigenvalue weighted by atomic mass is 19.4. The molecule has 8 nitrogen and oxygen atoms in total. The van der Waals surface area contributed by atoms with Crippen LogP contribution >= 0.6 is 0 Å². The van der Waals surface area contributed by atoms with Crippen molar-refractivity contribution < 1.29 is 117 Å². The molecule has 0 spiro atoms. The molecule has 3 rings (SSSR count). The second-order valence-corrected chi connectivity index (χ2v) is 15.5. The number of carbonyl (C=O) groups excluding carboxylic acids is 2. The van der Waals surface area contributed by atoms with Crippen LogP contribution in [-0.4, -0.2) is 100 Å². The van der Waals surface area contributed by atoms with E-state index in [9.17, 15) is 41.0 Å². The smallest absolute Gasteiger partial charge is 0.430 e. The van der Waals surface area contributed by atoms with Gasteiger partial charge in [-0.15, -0.1) is 0 Å². The highest BCUT2D eigenvalue weighted by Crippen LogP contribution is 2.68. The molecule has 1 N–H and O–H groups in total. The first kappa shape index (κ1) is 51.9. The Morgan fingerprint density at radius 1 is 0.672 bits per heavy atom. The van der Waals surface area contributed by atoms with Crippen LogP contribution in [0.3, 0.4) is 0 Å². The van der Waals surface area contributed by atoms with Crippen molar-refractivity contribution in [3.8, 4) is 0 Å². The Hall–Kier alpha value is -3.42. The van der Waals surface area contributed by atoms with Crippen molar-refractivity contribution in [1.82, 2.24) is 0 Å². The van der Waals surface area contributed by atoms with E-state index >= 15 is 52.7 Å². The average Bonchev–Trinajstić information content (AvgIpc) is 3.62. The molecular weight excluding hydrogens is 890 g/mol. The molecule has 0 aromatic heterocycles. The van der Waals surface area contributed by atoms with Crippen molar-refractivity contribution in [3.05, 3.63) is 37.1 Å². The van der Waals surface area contributed by atoms with Gasteiger partial charge >= 0.3 is 49.0 Å². The van der Waals surface area contributed by atoms with E-state index < -0.39 is 170 Å². The van der Waals surface area contributed by atoms with Crippen molar-refractivity contribution in [3.63, 3.8) is 0 Å². The van der Waals surface area contributed by atoms with Gasteiger partial charge in [-0.05, 0) is 71.6 Å². The summed E-state index contributed by atoms with van der Waals surface area (Å²) in [4.78, 5) is 25.7. The number of ether oxygens (including phenoxy) is 5. The zero-order valence-electron chi connectivity index (χ0n) is 31.9. The Morgan fingerprint density at radius 2 is 1.10 bits per heavy atom. The van der Waals surface area contributed by atoms with Gasteiger partial charge in [0.25, 0.3) is 16.8 Å². The van der Waals surface area contributed by atoms with Crippen LogP contribution in [0.2, 0.25) is 0 Å². The van der Waals surface area contributed by atoms with Gasteiger partial charge in [0.15, 0.2) is 16.8 Å². The normalized spacial score (nSPS) is 25.4. The van der Waals surface area contributed by atoms with Crippen LogP contribution in [0.25, 0.3) is 0 Å². The number of hydrogen-bond acceptors (Lipinski definition) is 8. The first-order valence-electron chi connectivity index (χ1n) is 17.7. The fourth-order valence-corrected chi connectivity index (χ4v) is 8.71. The molecule has 3 aliphatic carbocycles. The van der Waals surface area contributed by atoms with Gasteiger partial charge in [0, 0.05) is 17.1 Å². The van der Waals surface area contributed by atoms with Crippen LogP contribution in [-0.2, 0) is 33.3 Å². The molecule has 3 fully saturated rings. The molecule has 5 unspecified atom stereocenters. The van der Waals surface area contributed by atoms with Crippen molar-refractivity contribution >= 4 is 11.9 Å². The summed E-state index contributed by atoms with van der Waals surface area (Å²) in [6.07, 6.45) is -54.2. The molecule has 2 bridgehead atoms. The molecule has 0 aliphatic heterocycles. The summed E-state index contributed by atoms with van der Waals surface area (Å²) in [6, 6.07) is 0. The van der Waals surface area contributed by atoms with Crippen LogP contribution in [0, 0.1) is 11.8 Å². The van der Waals surface area contributed by atoms with Gasteiger partial charge in [-0.25, -0.2) is 9.59 Å². The monoisotopic (exact) mass is 928 g/mol. The molecule has 0 radical (unpaired) electrons. The summed E-state index contributed by atoms with van der Waals surface area (Å²) in [5, 5.41) is 10.1. The maximum Gasteiger partial charge on any atom is 0.430 e. The van der Waals surface area contributed by atoms with E-state index in [0.29, 0.717) is 6.92 Å². The van der Waals surface area contributed by atoms with E-state index in [1.54, 1.807) is 0 Å². The Kier molecular flexibility index (Phi) is 13.6. The maximum absolute atomic E-state index is 15.6. The van der Waals surface area contributed by atoms with Gasteiger partial charge in [0.05, 0.1) is 19.0 Å². The highest BCUT2D eigenvalue weighted by molar-refractivity contribution is 5.88. The Labute approximate surface area is 334 Å². The van der Waals surface area contributed by atoms with Gasteiger partial charge in [-0.2, -0.15) is 79.0 Å². The molecule has 352 valence electrons. The van der Waals surface area contributed by atoms with Gasteiger partial charge in [0.2, 0.25) is 0 Å². The van der Waals surface area contributed by atoms with E-state index in [4.69, 9.17) is 14.2 Å². The fourth-order valence-electron chi connectivity index (χ4n) is 8.71. The Balaban J connectivity index is 2.51. The third-order valence-electron chi connectivity index (χ3n) is 11.4. The van der Waals surface area contributed by atoms with E-state index in [1.165, 1.54) is 0 Å². The topological polar surface area (TPSA) is 101 Å². The summed E-state index contributed by atoms with van der Waals surface area (Å²) >= 11 is 0. The molecule has 3 saturated carbocycles. The third kappa shape index (κ3) is 8.06. The van der Waals surface area contributed by atoms with Gasteiger partial charge < -0.3 is 28.8 Å². The molecule has 0 aromatic carbocycles. The minimum absolute atomic E-state index is 0.0738. The van der Waals surface area contributed by atoms with E-state index in [1.807, 2.05) is 0 Å². The molecule has 61 heavy (non-hydrogen) atoms. The van der Waals surface area contributed by atoms with E-state index in [-0.39, 0.29) is 12.7 Å². The van der Waals surface area contributed by atoms with Crippen molar-refractivity contribution in [2.24, 2.45) is 11.8 Å². The standard InChI is InChI=1S/C35H38F18O8/c1-7-57-24(6,27(56,30(36,37)38)31(39,40)41)16-58-29(34(48,49)50,35(51,52)53)26(61-23(55)18(4)5)15-19-13-20(26)21(14-19)59-28(32(42,43)44,33(45,46)47)25(11-9-8-10-12-25)60-22(54)17(2)3/h7,19-21,56H,1-2,4,8-16H2,3,5-6H3. The minimum atomic E-state index is -7.30. The quantitative estimate of drug-likeness (QED) is 0.0796. The summed E-state index contributed by atoms with van der Waals surface area (Å²) in [6.45, 7) is 6.30. The highest BCUT2D eigenvalue weighted by Gasteiger charge is 2.90. The fraction of sp³-hybridized carbons (Fsp3) is 0.771. The van der Waals surface area contributed by atoms with Crippen LogP contribution in [0.15, 0.2) is 37.1 Å². The first-order chi connectivity index (χ1) is 27.2. The van der Waals surface area contributed by atoms with E-state index in [0.717, 1.165) is 6.92 Å². The number of halogens is 18. The second-order valence-electron chi connectivity index (χ2n) is 15.5. The molecule has 0 amide bonds. The minimum Gasteiger partial charge on any atom is -0.490 e. The van der Waals surface area contributed by atoms with Crippen LogP contribution < -0.4 is 0 Å². The average molecular weight is 929 g/mol. The zero-order valence-corrected chi connectivity index (χ0v) is 31.9. The van der Waals surface area contributed by atoms with Crippen molar-refractivity contribution in [1.29, 1.82) is 0 Å². The zero-order chi connectivity index (χ0) is 47.6. The summed E-state index contributed by atoms with van der Waals surface area (Å²) in [5.74, 6) is -9.30. The Morgan fingerprint density at radius 3 is 1.46 bits per heavy atom. The van der Waals surface area contributed by atoms with Gasteiger partial charge in [0.1, 0.15) is 0 Å². The number of fused-ring (bicyclic) bond motifs is 2. The lowest BCUT2D eigenvalue weighted by molar-refractivity contribution is -0.460. The summed E-state index contributed by atoms with van der Waals surface area (Å²) in [7, 11) is 0. The molecule has 0 aromatic rings. The molecule has 0 heterocycles. The molecule has 3 aliphatic rings. The predicted octanol–water partition coefficient (Wildman–Crippen LogP) is 10.00. The number of rotatable bonds is 14. The lowest BCUT2D eigenvalue weighted by Gasteiger charge is -2.56. The SMILES string of the molecule is C=COC(C)(COC(C(F)(F)F)(C(F)(F)F)C1(OC(=O)C(=C)C)CC2CC(OC(C(F)(F)F)(C(F)(F)F)C3(OC(=O)C(=C)C)CCCCC3)C1C2)C(O)(C(F)(F)F)C(F)(F)F. The number of alkyl halides is 18. The van der Waals surface area contributed by atoms with Crippen LogP contribution in [0.5, 0.6) is 0 Å². The summed E-state index contributed by atoms with van der Waals surface area (Å²) in [5.41, 5.74) is -34.1. The molecular formula is C35H38F18O8. The largest absolute Gasteiger partial charge is 0.490 e. The lowest BCUT2D eigenvalue weighted by Crippen LogP contribution is -2.79. The summed E-state index contributed by atoms with van der Waals surface area (Å²) < 4.78 is 293. The van der Waals surface area contributed by atoms with Gasteiger partial charge in [-0.3, -0.25) is 0 Å². The number of carbonyl (C=O) groups is 2. The lowest BCUT2D eigenvalue weighted by atomic mass is 9.67. The number of esters is 2. The van der Waals surface area contributed by atoms with Crippen molar-refractivity contribution in [2.75, 3.05) is 6.61 Å². The van der Waals surface area contributed by atoms with Crippen molar-refractivity contribution in [2.45, 2.75) is 149 Å². The molecule has 0 saturated heterocycles. The maximum atomic E-state index is 15.6. The Bertz CT molecular complexity index is 1640. The van der Waals surface area contributed by atoms with Crippen LogP contribution in [0.4, 0.5) is 79.0 Å². The second kappa shape index (κ2) is 16.0. The number of hydrogen-bond donors (Lipinski definition) is 1. The van der Waals surface area contributed by atoms with E-state index in [2.05, 4.69) is 29.2 Å². The third-order valence-corrected chi connectivity index (χ3v) is 11.4. The molecule has 5 atom stereocenters. The first-order valence-corrected chi connectivity index (χ1v) is 17.7. The molecule has 26 heteroatoms.